The molecule has 0 spiro atoms. The zero-order chi connectivity index (χ0) is 10.6. The fourth-order valence-electron chi connectivity index (χ4n) is 1.77. The van der Waals surface area contributed by atoms with Crippen LogP contribution in [-0.2, 0) is 4.79 Å². The van der Waals surface area contributed by atoms with Crippen LogP contribution < -0.4 is 5.32 Å². The Labute approximate surface area is 86.2 Å². The van der Waals surface area contributed by atoms with Crippen molar-refractivity contribution >= 4 is 5.91 Å². The zero-order valence-electron chi connectivity index (χ0n) is 9.12. The number of likely N-dealkylation sites (tertiary alicyclic amines) is 1. The summed E-state index contributed by atoms with van der Waals surface area (Å²) in [6.45, 7) is 6.69. The van der Waals surface area contributed by atoms with Crippen LogP contribution in [0.3, 0.4) is 0 Å². The van der Waals surface area contributed by atoms with Gasteiger partial charge in [-0.05, 0) is 26.2 Å². The lowest BCUT2D eigenvalue weighted by Gasteiger charge is -2.17. The van der Waals surface area contributed by atoms with Crippen molar-refractivity contribution < 1.29 is 4.79 Å². The number of amides is 1. The molecule has 2 unspecified atom stereocenters. The average molecular weight is 196 g/mol. The van der Waals surface area contributed by atoms with Crippen LogP contribution in [0.1, 0.15) is 26.2 Å². The number of hydrogen-bond donors (Lipinski definition) is 1. The first-order valence-corrected chi connectivity index (χ1v) is 5.27. The SMILES string of the molecule is C=CCCC(C)NC1CCN(C)C1=O. The van der Waals surface area contributed by atoms with Gasteiger partial charge in [0.15, 0.2) is 0 Å². The first-order valence-electron chi connectivity index (χ1n) is 5.27. The molecule has 80 valence electrons. The minimum atomic E-state index is 0.0415. The Hall–Kier alpha value is -0.830. The number of carbonyl (C=O) groups excluding carboxylic acids is 1. The summed E-state index contributed by atoms with van der Waals surface area (Å²) >= 11 is 0. The summed E-state index contributed by atoms with van der Waals surface area (Å²) in [7, 11) is 1.86. The molecule has 1 rings (SSSR count). The van der Waals surface area contributed by atoms with E-state index in [0.29, 0.717) is 6.04 Å². The van der Waals surface area contributed by atoms with Gasteiger partial charge in [-0.25, -0.2) is 0 Å². The Kier molecular flexibility index (Phi) is 4.14. The Bertz CT molecular complexity index is 215. The number of hydrogen-bond acceptors (Lipinski definition) is 2. The molecule has 1 N–H and O–H groups in total. The highest BCUT2D eigenvalue weighted by Crippen LogP contribution is 2.10. The van der Waals surface area contributed by atoms with Crippen molar-refractivity contribution in [3.63, 3.8) is 0 Å². The number of nitrogens with one attached hydrogen (secondary N) is 1. The van der Waals surface area contributed by atoms with Crippen molar-refractivity contribution in [1.29, 1.82) is 0 Å². The minimum Gasteiger partial charge on any atom is -0.344 e. The van der Waals surface area contributed by atoms with Gasteiger partial charge in [-0.2, -0.15) is 0 Å². The second-order valence-corrected chi connectivity index (χ2v) is 4.03. The molecule has 1 heterocycles. The highest BCUT2D eigenvalue weighted by Gasteiger charge is 2.29. The summed E-state index contributed by atoms with van der Waals surface area (Å²) in [5, 5.41) is 3.35. The van der Waals surface area contributed by atoms with Gasteiger partial charge in [0.25, 0.3) is 0 Å². The van der Waals surface area contributed by atoms with E-state index in [9.17, 15) is 4.79 Å². The van der Waals surface area contributed by atoms with Gasteiger partial charge in [-0.15, -0.1) is 6.58 Å². The van der Waals surface area contributed by atoms with E-state index in [1.807, 2.05) is 13.1 Å². The van der Waals surface area contributed by atoms with E-state index in [4.69, 9.17) is 0 Å². The van der Waals surface area contributed by atoms with E-state index in [-0.39, 0.29) is 11.9 Å². The molecule has 3 heteroatoms. The molecule has 1 fully saturated rings. The van der Waals surface area contributed by atoms with Gasteiger partial charge >= 0.3 is 0 Å². The molecule has 1 aliphatic rings. The highest BCUT2D eigenvalue weighted by atomic mass is 16.2. The number of nitrogens with zero attached hydrogens (tertiary/aromatic N) is 1. The Morgan fingerprint density at radius 2 is 2.50 bits per heavy atom. The zero-order valence-corrected chi connectivity index (χ0v) is 9.12. The van der Waals surface area contributed by atoms with E-state index >= 15 is 0 Å². The molecular weight excluding hydrogens is 176 g/mol. The normalized spacial score (nSPS) is 24.0. The Morgan fingerprint density at radius 1 is 1.79 bits per heavy atom. The summed E-state index contributed by atoms with van der Waals surface area (Å²) in [5.41, 5.74) is 0. The molecule has 0 saturated carbocycles. The molecule has 3 nitrogen and oxygen atoms in total. The molecule has 0 radical (unpaired) electrons. The predicted molar refractivity (Wildman–Crippen MR) is 58.1 cm³/mol. The van der Waals surface area contributed by atoms with Crippen LogP contribution >= 0.6 is 0 Å². The molecule has 1 saturated heterocycles. The van der Waals surface area contributed by atoms with Crippen molar-refractivity contribution in [2.24, 2.45) is 0 Å². The van der Waals surface area contributed by atoms with Gasteiger partial charge in [-0.1, -0.05) is 6.08 Å². The van der Waals surface area contributed by atoms with Crippen LogP contribution in [0.5, 0.6) is 0 Å². The summed E-state index contributed by atoms with van der Waals surface area (Å²) in [6.07, 6.45) is 4.91. The molecule has 0 aliphatic carbocycles. The van der Waals surface area contributed by atoms with Gasteiger partial charge in [-0.3, -0.25) is 4.79 Å². The summed E-state index contributed by atoms with van der Waals surface area (Å²) in [4.78, 5) is 13.3. The third kappa shape index (κ3) is 2.84. The van der Waals surface area contributed by atoms with E-state index in [1.54, 1.807) is 4.90 Å². The molecule has 1 aliphatic heterocycles. The van der Waals surface area contributed by atoms with Crippen molar-refractivity contribution in [1.82, 2.24) is 10.2 Å². The molecule has 0 aromatic rings. The van der Waals surface area contributed by atoms with Gasteiger partial charge in [0, 0.05) is 19.6 Å². The maximum atomic E-state index is 11.6. The molecule has 0 bridgehead atoms. The third-order valence-corrected chi connectivity index (χ3v) is 2.72. The molecule has 2 atom stereocenters. The third-order valence-electron chi connectivity index (χ3n) is 2.72. The minimum absolute atomic E-state index is 0.0415. The van der Waals surface area contributed by atoms with E-state index in [0.717, 1.165) is 25.8 Å². The second-order valence-electron chi connectivity index (χ2n) is 4.03. The quantitative estimate of drug-likeness (QED) is 0.669. The first kappa shape index (κ1) is 11.2. The monoisotopic (exact) mass is 196 g/mol. The number of likely N-dealkylation sites (N-methyl/N-ethyl adjacent to an activating group) is 1. The van der Waals surface area contributed by atoms with Crippen LogP contribution in [0.2, 0.25) is 0 Å². The molecule has 0 aromatic heterocycles. The molecule has 0 aromatic carbocycles. The number of allylic oxidation sites excluding steroid dienone is 1. The van der Waals surface area contributed by atoms with Crippen molar-refractivity contribution in [2.75, 3.05) is 13.6 Å². The lowest BCUT2D eigenvalue weighted by Crippen LogP contribution is -2.41. The van der Waals surface area contributed by atoms with E-state index in [1.165, 1.54) is 0 Å². The summed E-state index contributed by atoms with van der Waals surface area (Å²) in [5.74, 6) is 0.232. The van der Waals surface area contributed by atoms with Crippen molar-refractivity contribution in [3.05, 3.63) is 12.7 Å². The van der Waals surface area contributed by atoms with Gasteiger partial charge in [0.1, 0.15) is 0 Å². The van der Waals surface area contributed by atoms with Crippen LogP contribution in [-0.4, -0.2) is 36.5 Å². The maximum Gasteiger partial charge on any atom is 0.239 e. The molecule has 1 amide bonds. The lowest BCUT2D eigenvalue weighted by atomic mass is 10.1. The fraction of sp³-hybridized carbons (Fsp3) is 0.727. The first-order chi connectivity index (χ1) is 6.65. The van der Waals surface area contributed by atoms with Gasteiger partial charge < -0.3 is 10.2 Å². The maximum absolute atomic E-state index is 11.6. The second kappa shape index (κ2) is 5.15. The Morgan fingerprint density at radius 3 is 3.00 bits per heavy atom. The van der Waals surface area contributed by atoms with Crippen molar-refractivity contribution in [2.45, 2.75) is 38.3 Å². The van der Waals surface area contributed by atoms with Crippen LogP contribution in [0.25, 0.3) is 0 Å². The Balaban J connectivity index is 2.30. The summed E-state index contributed by atoms with van der Waals surface area (Å²) in [6, 6.07) is 0.438. The van der Waals surface area contributed by atoms with Gasteiger partial charge in [0.2, 0.25) is 5.91 Å². The lowest BCUT2D eigenvalue weighted by molar-refractivity contribution is -0.128. The van der Waals surface area contributed by atoms with Crippen LogP contribution in [0.15, 0.2) is 12.7 Å². The van der Waals surface area contributed by atoms with E-state index < -0.39 is 0 Å². The van der Waals surface area contributed by atoms with Crippen LogP contribution in [0, 0.1) is 0 Å². The number of carbonyl (C=O) groups is 1. The predicted octanol–water partition coefficient (Wildman–Crippen LogP) is 1.16. The van der Waals surface area contributed by atoms with E-state index in [2.05, 4.69) is 18.8 Å². The standard InChI is InChI=1S/C11H20N2O/c1-4-5-6-9(2)12-10-7-8-13(3)11(10)14/h4,9-10,12H,1,5-8H2,2-3H3. The van der Waals surface area contributed by atoms with Gasteiger partial charge in [0.05, 0.1) is 6.04 Å². The van der Waals surface area contributed by atoms with Crippen molar-refractivity contribution in [3.8, 4) is 0 Å². The summed E-state index contributed by atoms with van der Waals surface area (Å²) < 4.78 is 0. The topological polar surface area (TPSA) is 32.3 Å². The molecular formula is C11H20N2O. The molecule has 14 heavy (non-hydrogen) atoms. The number of rotatable bonds is 5. The highest BCUT2D eigenvalue weighted by molar-refractivity contribution is 5.83. The average Bonchev–Trinajstić information content (AvgIpc) is 2.46. The fourth-order valence-corrected chi connectivity index (χ4v) is 1.77. The largest absolute Gasteiger partial charge is 0.344 e. The smallest absolute Gasteiger partial charge is 0.239 e. The van der Waals surface area contributed by atoms with Crippen LogP contribution in [0.4, 0.5) is 0 Å².